The van der Waals surface area contributed by atoms with Crippen LogP contribution in [0.1, 0.15) is 32.3 Å². The van der Waals surface area contributed by atoms with E-state index in [1.807, 2.05) is 12.1 Å². The first-order chi connectivity index (χ1) is 14.1. The van der Waals surface area contributed by atoms with Crippen molar-refractivity contribution in [2.75, 3.05) is 38.5 Å². The summed E-state index contributed by atoms with van der Waals surface area (Å²) in [5.74, 6) is 2.77. The van der Waals surface area contributed by atoms with E-state index in [9.17, 15) is 0 Å². The minimum atomic E-state index is 0.793. The van der Waals surface area contributed by atoms with Crippen LogP contribution >= 0.6 is 11.8 Å². The molecule has 0 saturated heterocycles. The molecule has 1 aromatic carbocycles. The molecule has 0 unspecified atom stereocenters. The summed E-state index contributed by atoms with van der Waals surface area (Å²) >= 11 is 1.70. The summed E-state index contributed by atoms with van der Waals surface area (Å²) in [5.41, 5.74) is 4.18. The van der Waals surface area contributed by atoms with Crippen LogP contribution in [0.2, 0.25) is 0 Å². The average molecular weight is 414 g/mol. The Kier molecular flexibility index (Phi) is 6.96. The number of nitrogens with zero attached hydrogens (tertiary/aromatic N) is 3. The van der Waals surface area contributed by atoms with Crippen LogP contribution in [-0.2, 0) is 0 Å². The largest absolute Gasteiger partial charge is 0.497 e. The number of hydrogen-bond acceptors (Lipinski definition) is 5. The second-order valence-corrected chi connectivity index (χ2v) is 7.86. The molecule has 2 aromatic heterocycles. The van der Waals surface area contributed by atoms with Crippen molar-refractivity contribution in [3.05, 3.63) is 36.0 Å². The minimum absolute atomic E-state index is 0.793. The van der Waals surface area contributed by atoms with E-state index in [1.54, 1.807) is 26.0 Å². The molecule has 0 fully saturated rings. The molecule has 0 saturated carbocycles. The maximum absolute atomic E-state index is 5.73. The smallest absolute Gasteiger partial charge is 0.147 e. The van der Waals surface area contributed by atoms with Gasteiger partial charge in [-0.1, -0.05) is 13.8 Å². The summed E-state index contributed by atoms with van der Waals surface area (Å²) in [6, 6.07) is 8.20. The van der Waals surface area contributed by atoms with Crippen LogP contribution in [0, 0.1) is 6.92 Å². The van der Waals surface area contributed by atoms with Crippen LogP contribution in [0.4, 0.5) is 5.82 Å². The van der Waals surface area contributed by atoms with Crippen molar-refractivity contribution in [2.24, 2.45) is 0 Å². The lowest BCUT2D eigenvalue weighted by molar-refractivity contribution is 0.395. The second-order valence-electron chi connectivity index (χ2n) is 7.07. The van der Waals surface area contributed by atoms with Crippen molar-refractivity contribution in [1.29, 1.82) is 0 Å². The number of benzene rings is 1. The Morgan fingerprint density at radius 1 is 1.10 bits per heavy atom. The molecule has 5 nitrogen and oxygen atoms in total. The van der Waals surface area contributed by atoms with Gasteiger partial charge in [-0.05, 0) is 49.8 Å². The van der Waals surface area contributed by atoms with Gasteiger partial charge in [0.2, 0.25) is 0 Å². The summed E-state index contributed by atoms with van der Waals surface area (Å²) in [7, 11) is 3.38. The molecule has 0 aliphatic rings. The molecule has 0 bridgehead atoms. The third-order valence-corrected chi connectivity index (χ3v) is 5.73. The van der Waals surface area contributed by atoms with Crippen LogP contribution in [0.15, 0.2) is 35.5 Å². The number of imidazole rings is 1. The van der Waals surface area contributed by atoms with E-state index in [0.29, 0.717) is 0 Å². The Morgan fingerprint density at radius 2 is 1.83 bits per heavy atom. The van der Waals surface area contributed by atoms with Crippen LogP contribution in [-0.4, -0.2) is 42.9 Å². The first-order valence-electron chi connectivity index (χ1n) is 10.1. The highest BCUT2D eigenvalue weighted by Crippen LogP contribution is 2.40. The molecule has 29 heavy (non-hydrogen) atoms. The van der Waals surface area contributed by atoms with Gasteiger partial charge < -0.3 is 14.4 Å². The van der Waals surface area contributed by atoms with Crippen LogP contribution in [0.25, 0.3) is 16.8 Å². The molecule has 2 heterocycles. The normalized spacial score (nSPS) is 11.1. The first kappa shape index (κ1) is 21.4. The number of anilines is 1. The predicted octanol–water partition coefficient (Wildman–Crippen LogP) is 5.68. The molecule has 156 valence electrons. The predicted molar refractivity (Wildman–Crippen MR) is 123 cm³/mol. The van der Waals surface area contributed by atoms with Crippen molar-refractivity contribution in [2.45, 2.75) is 38.6 Å². The van der Waals surface area contributed by atoms with E-state index in [0.717, 1.165) is 64.8 Å². The highest BCUT2D eigenvalue weighted by atomic mass is 32.2. The zero-order valence-corrected chi connectivity index (χ0v) is 19.1. The zero-order valence-electron chi connectivity index (χ0n) is 18.3. The van der Waals surface area contributed by atoms with Gasteiger partial charge in [0.05, 0.1) is 14.2 Å². The number of methoxy groups -OCH3 is 2. The van der Waals surface area contributed by atoms with Gasteiger partial charge in [0, 0.05) is 36.5 Å². The van der Waals surface area contributed by atoms with Crippen molar-refractivity contribution in [1.82, 2.24) is 9.38 Å². The Balaban J connectivity index is 2.28. The van der Waals surface area contributed by atoms with Gasteiger partial charge in [-0.2, -0.15) is 0 Å². The molecular weight excluding hydrogens is 382 g/mol. The van der Waals surface area contributed by atoms with E-state index >= 15 is 0 Å². The molecule has 0 atom stereocenters. The zero-order chi connectivity index (χ0) is 21.0. The number of aromatic nitrogens is 2. The fraction of sp³-hybridized carbons (Fsp3) is 0.435. The number of thioether (sulfide) groups is 1. The molecule has 0 spiro atoms. The standard InChI is InChI=1S/C23H31N3O2S/c1-7-11-25(12-8-2)23-22(29-6)24-21-18(10-9-13-26(21)23)20-16(3)14-17(27-4)15-19(20)28-5/h9-10,13-15H,7-8,11-12H2,1-6H3. The topological polar surface area (TPSA) is 39.0 Å². The number of aryl methyl sites for hydroxylation is 1. The van der Waals surface area contributed by atoms with Crippen molar-refractivity contribution in [3.63, 3.8) is 0 Å². The van der Waals surface area contributed by atoms with Gasteiger partial charge in [-0.3, -0.25) is 4.40 Å². The molecule has 3 rings (SSSR count). The van der Waals surface area contributed by atoms with Crippen molar-refractivity contribution in [3.8, 4) is 22.6 Å². The van der Waals surface area contributed by atoms with Crippen LogP contribution in [0.3, 0.4) is 0 Å². The molecule has 3 aromatic rings. The Hall–Kier alpha value is -2.34. The highest BCUT2D eigenvalue weighted by molar-refractivity contribution is 7.98. The fourth-order valence-corrected chi connectivity index (χ4v) is 4.45. The van der Waals surface area contributed by atoms with Gasteiger partial charge in [-0.25, -0.2) is 4.98 Å². The molecule has 0 aliphatic heterocycles. The lowest BCUT2D eigenvalue weighted by Crippen LogP contribution is -2.26. The molecular formula is C23H31N3O2S. The third kappa shape index (κ3) is 4.04. The third-order valence-electron chi connectivity index (χ3n) is 5.07. The fourth-order valence-electron chi connectivity index (χ4n) is 3.86. The Bertz CT molecular complexity index is 978. The number of rotatable bonds is 9. The molecule has 6 heteroatoms. The molecule has 0 amide bonds. The second kappa shape index (κ2) is 9.44. The maximum atomic E-state index is 5.73. The van der Waals surface area contributed by atoms with E-state index < -0.39 is 0 Å². The number of ether oxygens (including phenoxy) is 2. The van der Waals surface area contributed by atoms with E-state index in [1.165, 1.54) is 5.82 Å². The van der Waals surface area contributed by atoms with Gasteiger partial charge >= 0.3 is 0 Å². The average Bonchev–Trinajstić information content (AvgIpc) is 3.11. The Morgan fingerprint density at radius 3 is 2.41 bits per heavy atom. The van der Waals surface area contributed by atoms with Gasteiger partial charge in [0.1, 0.15) is 28.0 Å². The minimum Gasteiger partial charge on any atom is -0.497 e. The van der Waals surface area contributed by atoms with Gasteiger partial charge in [0.15, 0.2) is 0 Å². The summed E-state index contributed by atoms with van der Waals surface area (Å²) in [5, 5.41) is 1.06. The lowest BCUT2D eigenvalue weighted by Gasteiger charge is -2.24. The highest BCUT2D eigenvalue weighted by Gasteiger charge is 2.22. The van der Waals surface area contributed by atoms with Crippen molar-refractivity contribution < 1.29 is 9.47 Å². The summed E-state index contributed by atoms with van der Waals surface area (Å²) in [4.78, 5) is 7.50. The van der Waals surface area contributed by atoms with Crippen molar-refractivity contribution >= 4 is 23.2 Å². The quantitative estimate of drug-likeness (QED) is 0.422. The van der Waals surface area contributed by atoms with E-state index in [2.05, 4.69) is 54.7 Å². The van der Waals surface area contributed by atoms with E-state index in [-0.39, 0.29) is 0 Å². The number of fused-ring (bicyclic) bond motifs is 1. The Labute approximate surface area is 178 Å². The first-order valence-corrected chi connectivity index (χ1v) is 11.3. The number of hydrogen-bond donors (Lipinski definition) is 0. The lowest BCUT2D eigenvalue weighted by atomic mass is 10.00. The van der Waals surface area contributed by atoms with Crippen LogP contribution < -0.4 is 14.4 Å². The molecule has 0 radical (unpaired) electrons. The number of pyridine rings is 1. The van der Waals surface area contributed by atoms with E-state index in [4.69, 9.17) is 14.5 Å². The van der Waals surface area contributed by atoms with Gasteiger partial charge in [-0.15, -0.1) is 11.8 Å². The SMILES string of the molecule is CCCN(CCC)c1c(SC)nc2c(-c3c(C)cc(OC)cc3OC)cccn12. The van der Waals surface area contributed by atoms with Crippen LogP contribution in [0.5, 0.6) is 11.5 Å². The monoisotopic (exact) mass is 413 g/mol. The summed E-state index contributed by atoms with van der Waals surface area (Å²) in [6.45, 7) is 8.57. The molecule has 0 aliphatic carbocycles. The summed E-state index contributed by atoms with van der Waals surface area (Å²) < 4.78 is 13.4. The van der Waals surface area contributed by atoms with Gasteiger partial charge in [0.25, 0.3) is 0 Å². The maximum Gasteiger partial charge on any atom is 0.147 e. The molecule has 0 N–H and O–H groups in total. The summed E-state index contributed by atoms with van der Waals surface area (Å²) in [6.07, 6.45) is 6.42.